The van der Waals surface area contributed by atoms with E-state index < -0.39 is 5.97 Å². The molecule has 3 aromatic rings. The molecule has 9 heteroatoms. The van der Waals surface area contributed by atoms with Gasteiger partial charge in [-0.15, -0.1) is 0 Å². The van der Waals surface area contributed by atoms with E-state index in [0.29, 0.717) is 28.3 Å². The molecule has 0 atom stereocenters. The third-order valence-electron chi connectivity index (χ3n) is 3.88. The Kier molecular flexibility index (Phi) is 3.97. The van der Waals surface area contributed by atoms with Gasteiger partial charge in [-0.3, -0.25) is 0 Å². The van der Waals surface area contributed by atoms with Gasteiger partial charge in [0.2, 0.25) is 0 Å². The van der Waals surface area contributed by atoms with Crippen molar-refractivity contribution in [3.63, 3.8) is 0 Å². The van der Waals surface area contributed by atoms with Crippen LogP contribution in [0.25, 0.3) is 16.9 Å². The van der Waals surface area contributed by atoms with Crippen molar-refractivity contribution >= 4 is 33.2 Å². The molecule has 1 aromatic carbocycles. The first kappa shape index (κ1) is 16.1. The highest BCUT2D eigenvalue weighted by molar-refractivity contribution is 9.10. The van der Waals surface area contributed by atoms with Gasteiger partial charge in [-0.05, 0) is 33.4 Å². The van der Waals surface area contributed by atoms with E-state index in [2.05, 4.69) is 26.0 Å². The summed E-state index contributed by atoms with van der Waals surface area (Å²) < 4.78 is 25.8. The number of halogens is 2. The van der Waals surface area contributed by atoms with Crippen LogP contribution in [0.15, 0.2) is 33.4 Å². The maximum Gasteiger partial charge on any atom is 0.400 e. The number of rotatable bonds is 3. The number of ether oxygens (including phenoxy) is 2. The smallest absolute Gasteiger partial charge is 0.400 e. The molecular formula is C16H10BrFN2O4S. The van der Waals surface area contributed by atoms with Crippen LogP contribution in [0.5, 0.6) is 11.5 Å². The molecule has 128 valence electrons. The van der Waals surface area contributed by atoms with Crippen molar-refractivity contribution < 1.29 is 23.7 Å². The summed E-state index contributed by atoms with van der Waals surface area (Å²) in [7, 11) is 1.56. The molecule has 0 unspecified atom stereocenters. The second-order valence-corrected chi connectivity index (χ2v) is 6.84. The summed E-state index contributed by atoms with van der Waals surface area (Å²) in [6, 6.07) is 5.43. The van der Waals surface area contributed by atoms with E-state index in [4.69, 9.17) is 9.47 Å². The number of fused-ring (bicyclic) bond motifs is 3. The first-order chi connectivity index (χ1) is 12.1. The zero-order chi connectivity index (χ0) is 17.6. The van der Waals surface area contributed by atoms with Crippen LogP contribution in [0.2, 0.25) is 0 Å². The van der Waals surface area contributed by atoms with Gasteiger partial charge in [0.1, 0.15) is 18.1 Å². The van der Waals surface area contributed by atoms with Gasteiger partial charge in [0.15, 0.2) is 5.69 Å². The summed E-state index contributed by atoms with van der Waals surface area (Å²) in [5.41, 5.74) is 2.49. The van der Waals surface area contributed by atoms with E-state index in [1.807, 2.05) is 22.9 Å². The SMILES string of the molecule is COc1cc2c(cc1Br)-c1c(c(C(=O)OF)nn1-c1ccsc1)CO2. The molecule has 0 bridgehead atoms. The second kappa shape index (κ2) is 6.16. The van der Waals surface area contributed by atoms with Crippen LogP contribution in [0.3, 0.4) is 0 Å². The van der Waals surface area contributed by atoms with E-state index in [-0.39, 0.29) is 12.3 Å². The Morgan fingerprint density at radius 1 is 1.48 bits per heavy atom. The number of hydrogen-bond acceptors (Lipinski definition) is 6. The third-order valence-corrected chi connectivity index (χ3v) is 5.17. The van der Waals surface area contributed by atoms with Crippen LogP contribution in [-0.4, -0.2) is 22.9 Å². The average Bonchev–Trinajstić information content (AvgIpc) is 3.27. The standard InChI is InChI=1S/C16H10BrFN2O4S/c1-22-13-5-12-9(4-11(13)17)15-10(6-23-12)14(16(21)24-18)19-20(15)8-2-3-25-7-8/h2-5,7H,6H2,1H3. The molecule has 0 saturated heterocycles. The van der Waals surface area contributed by atoms with E-state index in [1.54, 1.807) is 17.9 Å². The lowest BCUT2D eigenvalue weighted by atomic mass is 10.0. The summed E-state index contributed by atoms with van der Waals surface area (Å²) in [5, 5.41) is 8.03. The van der Waals surface area contributed by atoms with Gasteiger partial charge in [0.25, 0.3) is 0 Å². The summed E-state index contributed by atoms with van der Waals surface area (Å²) in [6.07, 6.45) is 0. The molecule has 0 radical (unpaired) electrons. The number of hydrogen-bond donors (Lipinski definition) is 0. The molecular weight excluding hydrogens is 415 g/mol. The highest BCUT2D eigenvalue weighted by Crippen LogP contribution is 2.44. The Morgan fingerprint density at radius 2 is 2.32 bits per heavy atom. The molecule has 0 saturated carbocycles. The predicted octanol–water partition coefficient (Wildman–Crippen LogP) is 4.31. The zero-order valence-corrected chi connectivity index (χ0v) is 15.2. The van der Waals surface area contributed by atoms with Gasteiger partial charge >= 0.3 is 5.97 Å². The third kappa shape index (κ3) is 2.50. The van der Waals surface area contributed by atoms with E-state index in [0.717, 1.165) is 10.2 Å². The Labute approximate surface area is 153 Å². The number of nitrogens with zero attached hydrogens (tertiary/aromatic N) is 2. The van der Waals surface area contributed by atoms with Gasteiger partial charge in [-0.1, -0.05) is 0 Å². The number of methoxy groups -OCH3 is 1. The normalized spacial score (nSPS) is 12.1. The van der Waals surface area contributed by atoms with Crippen LogP contribution < -0.4 is 9.47 Å². The number of benzene rings is 1. The van der Waals surface area contributed by atoms with E-state index in [9.17, 15) is 9.32 Å². The van der Waals surface area contributed by atoms with Crippen LogP contribution >= 0.6 is 27.3 Å². The van der Waals surface area contributed by atoms with Crippen LogP contribution in [0.4, 0.5) is 4.53 Å². The molecule has 2 aromatic heterocycles. The summed E-state index contributed by atoms with van der Waals surface area (Å²) in [6.45, 7) is 0.0711. The van der Waals surface area contributed by atoms with Crippen molar-refractivity contribution in [1.29, 1.82) is 0 Å². The Hall–Kier alpha value is -2.39. The zero-order valence-electron chi connectivity index (χ0n) is 12.8. The minimum Gasteiger partial charge on any atom is -0.495 e. The van der Waals surface area contributed by atoms with Crippen LogP contribution in [0.1, 0.15) is 16.1 Å². The largest absolute Gasteiger partial charge is 0.495 e. The van der Waals surface area contributed by atoms with Gasteiger partial charge < -0.3 is 9.47 Å². The minimum absolute atomic E-state index is 0.0711. The maximum atomic E-state index is 12.5. The molecule has 0 aliphatic carbocycles. The molecule has 4 rings (SSSR count). The van der Waals surface area contributed by atoms with Gasteiger partial charge in [0, 0.05) is 21.5 Å². The lowest BCUT2D eigenvalue weighted by molar-refractivity contribution is -0.0795. The molecule has 3 heterocycles. The molecule has 0 N–H and O–H groups in total. The molecule has 25 heavy (non-hydrogen) atoms. The van der Waals surface area contributed by atoms with Crippen molar-refractivity contribution in [2.45, 2.75) is 6.61 Å². The van der Waals surface area contributed by atoms with E-state index in [1.165, 1.54) is 11.3 Å². The highest BCUT2D eigenvalue weighted by Gasteiger charge is 2.32. The van der Waals surface area contributed by atoms with Gasteiger partial charge in [0.05, 0.1) is 28.5 Å². The highest BCUT2D eigenvalue weighted by atomic mass is 79.9. The molecule has 1 aliphatic heterocycles. The quantitative estimate of drug-likeness (QED) is 0.626. The predicted molar refractivity (Wildman–Crippen MR) is 92.0 cm³/mol. The Balaban J connectivity index is 2.00. The van der Waals surface area contributed by atoms with Crippen molar-refractivity contribution in [3.05, 3.63) is 44.7 Å². The van der Waals surface area contributed by atoms with Crippen molar-refractivity contribution in [1.82, 2.24) is 9.78 Å². The monoisotopic (exact) mass is 424 g/mol. The Morgan fingerprint density at radius 3 is 3.00 bits per heavy atom. The maximum absolute atomic E-state index is 12.5. The minimum atomic E-state index is -1.15. The van der Waals surface area contributed by atoms with E-state index >= 15 is 0 Å². The fourth-order valence-electron chi connectivity index (χ4n) is 2.77. The van der Waals surface area contributed by atoms with Gasteiger partial charge in [-0.2, -0.15) is 16.4 Å². The molecule has 0 spiro atoms. The average molecular weight is 425 g/mol. The van der Waals surface area contributed by atoms with Gasteiger partial charge in [-0.25, -0.2) is 14.4 Å². The molecule has 0 fully saturated rings. The van der Waals surface area contributed by atoms with Crippen molar-refractivity contribution in [3.8, 4) is 28.4 Å². The van der Waals surface area contributed by atoms with Crippen molar-refractivity contribution in [2.75, 3.05) is 7.11 Å². The summed E-state index contributed by atoms with van der Waals surface area (Å²) in [4.78, 5) is 15.2. The lowest BCUT2D eigenvalue weighted by Crippen LogP contribution is -2.10. The van der Waals surface area contributed by atoms with Crippen LogP contribution in [0, 0.1) is 0 Å². The molecule has 6 nitrogen and oxygen atoms in total. The fraction of sp³-hybridized carbons (Fsp3) is 0.125. The summed E-state index contributed by atoms with van der Waals surface area (Å²) in [5.74, 6) is 0.0566. The molecule has 0 amide bonds. The number of thiophene rings is 1. The first-order valence-electron chi connectivity index (χ1n) is 7.12. The summed E-state index contributed by atoms with van der Waals surface area (Å²) >= 11 is 4.94. The second-order valence-electron chi connectivity index (χ2n) is 5.21. The van der Waals surface area contributed by atoms with Crippen molar-refractivity contribution in [2.24, 2.45) is 0 Å². The number of carbonyl (C=O) groups is 1. The molecule has 1 aliphatic rings. The fourth-order valence-corrected chi connectivity index (χ4v) is 3.89. The Bertz CT molecular complexity index is 971. The first-order valence-corrected chi connectivity index (χ1v) is 8.85. The number of carbonyl (C=O) groups excluding carboxylic acids is 1. The van der Waals surface area contributed by atoms with Crippen LogP contribution in [-0.2, 0) is 11.5 Å². The topological polar surface area (TPSA) is 62.6 Å². The lowest BCUT2D eigenvalue weighted by Gasteiger charge is -2.20. The number of aromatic nitrogens is 2.